The summed E-state index contributed by atoms with van der Waals surface area (Å²) in [7, 11) is 0. The number of benzene rings is 1. The Morgan fingerprint density at radius 2 is 1.90 bits per heavy atom. The summed E-state index contributed by atoms with van der Waals surface area (Å²) in [4.78, 5) is 31.9. The number of nitrogens with zero attached hydrogens (tertiary/aromatic N) is 5. The first-order chi connectivity index (χ1) is 14.7. The average molecular weight is 425 g/mol. The molecule has 1 aromatic carbocycles. The maximum Gasteiger partial charge on any atom is 0.407 e. The lowest BCUT2D eigenvalue weighted by Gasteiger charge is -2.38. The normalized spacial score (nSPS) is 16.9. The number of fused-ring (bicyclic) bond motifs is 1. The zero-order valence-electron chi connectivity index (χ0n) is 17.6. The zero-order valence-corrected chi connectivity index (χ0v) is 17.6. The summed E-state index contributed by atoms with van der Waals surface area (Å²) in [5.41, 5.74) is 3.22. The highest BCUT2D eigenvalue weighted by Crippen LogP contribution is 2.26. The number of hydrogen-bond donors (Lipinski definition) is 1. The second-order valence-electron chi connectivity index (χ2n) is 8.12. The van der Waals surface area contributed by atoms with Gasteiger partial charge < -0.3 is 14.9 Å². The van der Waals surface area contributed by atoms with E-state index in [2.05, 4.69) is 10.1 Å². The Kier molecular flexibility index (Phi) is 5.34. The van der Waals surface area contributed by atoms with Gasteiger partial charge in [0.15, 0.2) is 5.65 Å². The van der Waals surface area contributed by atoms with Crippen molar-refractivity contribution in [2.75, 3.05) is 19.6 Å². The van der Waals surface area contributed by atoms with Gasteiger partial charge in [0.25, 0.3) is 5.91 Å². The number of imidazole rings is 1. The number of carbonyl (C=O) groups excluding carboxylic acids is 1. The van der Waals surface area contributed by atoms with Crippen LogP contribution >= 0.6 is 0 Å². The monoisotopic (exact) mass is 425 g/mol. The van der Waals surface area contributed by atoms with Crippen LogP contribution in [0.15, 0.2) is 36.5 Å². The summed E-state index contributed by atoms with van der Waals surface area (Å²) < 4.78 is 14.9. The van der Waals surface area contributed by atoms with Gasteiger partial charge in [-0.15, -0.1) is 0 Å². The fourth-order valence-electron chi connectivity index (χ4n) is 3.87. The molecule has 0 radical (unpaired) electrons. The van der Waals surface area contributed by atoms with E-state index in [0.29, 0.717) is 17.9 Å². The fourth-order valence-corrected chi connectivity index (χ4v) is 3.87. The van der Waals surface area contributed by atoms with E-state index < -0.39 is 6.09 Å². The third-order valence-corrected chi connectivity index (χ3v) is 5.59. The summed E-state index contributed by atoms with van der Waals surface area (Å²) >= 11 is 0. The molecule has 1 aliphatic rings. The average Bonchev–Trinajstić information content (AvgIpc) is 3.17. The predicted octanol–water partition coefficient (Wildman–Crippen LogP) is 3.48. The van der Waals surface area contributed by atoms with Gasteiger partial charge in [-0.25, -0.2) is 18.7 Å². The number of rotatable bonds is 3. The van der Waals surface area contributed by atoms with Crippen molar-refractivity contribution < 1.29 is 19.1 Å². The topological polar surface area (TPSA) is 91.0 Å². The van der Waals surface area contributed by atoms with Crippen LogP contribution in [0.4, 0.5) is 9.18 Å². The van der Waals surface area contributed by atoms with Gasteiger partial charge in [-0.05, 0) is 43.2 Å². The lowest BCUT2D eigenvalue weighted by atomic mass is 10.0. The highest BCUT2D eigenvalue weighted by atomic mass is 19.1. The van der Waals surface area contributed by atoms with Gasteiger partial charge in [-0.3, -0.25) is 4.79 Å². The van der Waals surface area contributed by atoms with E-state index >= 15 is 0 Å². The van der Waals surface area contributed by atoms with Crippen LogP contribution in [-0.2, 0) is 0 Å². The Labute approximate surface area is 178 Å². The van der Waals surface area contributed by atoms with E-state index in [1.54, 1.807) is 27.7 Å². The molecule has 162 valence electrons. The van der Waals surface area contributed by atoms with Crippen molar-refractivity contribution >= 4 is 17.6 Å². The summed E-state index contributed by atoms with van der Waals surface area (Å²) in [5, 5.41) is 13.8. The lowest BCUT2D eigenvalue weighted by molar-refractivity contribution is 0.0479. The lowest BCUT2D eigenvalue weighted by Crippen LogP contribution is -2.55. The summed E-state index contributed by atoms with van der Waals surface area (Å²) in [6.45, 7) is 6.74. The molecule has 31 heavy (non-hydrogen) atoms. The first kappa shape index (κ1) is 20.8. The van der Waals surface area contributed by atoms with Crippen LogP contribution in [0.2, 0.25) is 0 Å². The fraction of sp³-hybridized carbons (Fsp3) is 0.364. The second kappa shape index (κ2) is 7.98. The van der Waals surface area contributed by atoms with Crippen LogP contribution in [0.25, 0.3) is 16.9 Å². The van der Waals surface area contributed by atoms with Gasteiger partial charge >= 0.3 is 6.09 Å². The van der Waals surface area contributed by atoms with Gasteiger partial charge in [-0.2, -0.15) is 5.10 Å². The highest BCUT2D eigenvalue weighted by Gasteiger charge is 2.31. The first-order valence-electron chi connectivity index (χ1n) is 10.2. The van der Waals surface area contributed by atoms with Crippen LogP contribution in [0.1, 0.15) is 42.7 Å². The van der Waals surface area contributed by atoms with Gasteiger partial charge in [0.2, 0.25) is 0 Å². The number of piperazine rings is 1. The Morgan fingerprint density at radius 3 is 2.52 bits per heavy atom. The zero-order chi connectivity index (χ0) is 22.3. The number of carboxylic acid groups (broad SMARTS) is 1. The van der Waals surface area contributed by atoms with E-state index in [-0.39, 0.29) is 42.5 Å². The van der Waals surface area contributed by atoms with E-state index in [9.17, 15) is 19.1 Å². The van der Waals surface area contributed by atoms with Gasteiger partial charge in [0.05, 0.1) is 11.9 Å². The van der Waals surface area contributed by atoms with Crippen molar-refractivity contribution in [1.29, 1.82) is 0 Å². The predicted molar refractivity (Wildman–Crippen MR) is 113 cm³/mol. The Morgan fingerprint density at radius 1 is 1.19 bits per heavy atom. The molecule has 1 fully saturated rings. The molecule has 1 aliphatic heterocycles. The largest absolute Gasteiger partial charge is 0.465 e. The van der Waals surface area contributed by atoms with Crippen molar-refractivity contribution in [3.8, 4) is 11.3 Å². The van der Waals surface area contributed by atoms with E-state index in [1.165, 1.54) is 17.0 Å². The molecule has 3 aromatic rings. The van der Waals surface area contributed by atoms with Crippen LogP contribution in [0.5, 0.6) is 0 Å². The molecule has 0 aliphatic carbocycles. The SMILES string of the molecule is CC(C)c1cc(-c2ccc(F)cc2)nn2cc(C(=O)N3CCN(C(=O)O)C[C@@H]3C)nc12. The maximum absolute atomic E-state index is 13.3. The molecule has 0 unspecified atom stereocenters. The van der Waals surface area contributed by atoms with Gasteiger partial charge in [-0.1, -0.05) is 13.8 Å². The summed E-state index contributed by atoms with van der Waals surface area (Å²) in [6.07, 6.45) is 0.623. The smallest absolute Gasteiger partial charge is 0.407 e. The minimum atomic E-state index is -0.981. The molecular formula is C22H24FN5O3. The molecular weight excluding hydrogens is 401 g/mol. The van der Waals surface area contributed by atoms with Crippen LogP contribution < -0.4 is 0 Å². The van der Waals surface area contributed by atoms with Gasteiger partial charge in [0.1, 0.15) is 11.5 Å². The number of halogens is 1. The van der Waals surface area contributed by atoms with E-state index in [1.807, 2.05) is 26.8 Å². The Hall–Kier alpha value is -3.49. The molecule has 0 bridgehead atoms. The van der Waals surface area contributed by atoms with Crippen molar-refractivity contribution in [3.05, 3.63) is 53.6 Å². The van der Waals surface area contributed by atoms with E-state index in [4.69, 9.17) is 0 Å². The molecule has 8 nitrogen and oxygen atoms in total. The van der Waals surface area contributed by atoms with Crippen LogP contribution in [0, 0.1) is 5.82 Å². The molecule has 1 N–H and O–H groups in total. The number of amides is 2. The highest BCUT2D eigenvalue weighted by molar-refractivity contribution is 5.93. The molecule has 3 heterocycles. The number of aromatic nitrogens is 3. The summed E-state index contributed by atoms with van der Waals surface area (Å²) in [5.74, 6) is -0.435. The van der Waals surface area contributed by atoms with Gasteiger partial charge in [0, 0.05) is 36.8 Å². The van der Waals surface area contributed by atoms with Crippen molar-refractivity contribution in [2.24, 2.45) is 0 Å². The first-order valence-corrected chi connectivity index (χ1v) is 10.2. The van der Waals surface area contributed by atoms with Crippen LogP contribution in [0.3, 0.4) is 0 Å². The molecule has 0 spiro atoms. The van der Waals surface area contributed by atoms with Crippen molar-refractivity contribution in [1.82, 2.24) is 24.4 Å². The standard InChI is InChI=1S/C22H24FN5O3/c1-13(2)17-10-18(15-4-6-16(23)7-5-15)25-28-12-19(24-20(17)28)21(29)27-9-8-26(22(30)31)11-14(27)3/h4-7,10,12-14H,8-9,11H2,1-3H3,(H,30,31)/t14-/m0/s1. The molecule has 4 rings (SSSR count). The summed E-state index contributed by atoms with van der Waals surface area (Å²) in [6, 6.07) is 7.77. The molecule has 1 atom stereocenters. The quantitative estimate of drug-likeness (QED) is 0.694. The van der Waals surface area contributed by atoms with Crippen LogP contribution in [-0.4, -0.2) is 67.2 Å². The Bertz CT molecular complexity index is 1140. The minimum absolute atomic E-state index is 0.132. The minimum Gasteiger partial charge on any atom is -0.465 e. The molecule has 1 saturated heterocycles. The molecule has 0 saturated carbocycles. The number of carbonyl (C=O) groups is 2. The van der Waals surface area contributed by atoms with Crippen molar-refractivity contribution in [2.45, 2.75) is 32.7 Å². The van der Waals surface area contributed by atoms with Crippen molar-refractivity contribution in [3.63, 3.8) is 0 Å². The molecule has 9 heteroatoms. The number of hydrogen-bond acceptors (Lipinski definition) is 4. The maximum atomic E-state index is 13.3. The second-order valence-corrected chi connectivity index (χ2v) is 8.12. The molecule has 2 amide bonds. The Balaban J connectivity index is 1.70. The van der Waals surface area contributed by atoms with E-state index in [0.717, 1.165) is 11.1 Å². The third kappa shape index (κ3) is 3.95. The third-order valence-electron chi connectivity index (χ3n) is 5.59. The molecule has 2 aromatic heterocycles.